The summed E-state index contributed by atoms with van der Waals surface area (Å²) < 4.78 is 5.56. The van der Waals surface area contributed by atoms with Crippen molar-refractivity contribution in [2.24, 2.45) is 0 Å². The summed E-state index contributed by atoms with van der Waals surface area (Å²) in [4.78, 5) is 20.9. The number of carbonyl (C=O) groups excluding carboxylic acids is 1. The molecule has 0 aliphatic carbocycles. The topological polar surface area (TPSA) is 61.6 Å². The number of aryl methyl sites for hydroxylation is 1. The third-order valence-corrected chi connectivity index (χ3v) is 4.88. The van der Waals surface area contributed by atoms with Crippen molar-refractivity contribution in [1.82, 2.24) is 20.1 Å². The van der Waals surface area contributed by atoms with E-state index in [4.69, 9.17) is 4.42 Å². The lowest BCUT2D eigenvalue weighted by Crippen LogP contribution is -2.44. The van der Waals surface area contributed by atoms with Gasteiger partial charge in [0, 0.05) is 26.0 Å². The van der Waals surface area contributed by atoms with E-state index in [9.17, 15) is 4.79 Å². The van der Waals surface area contributed by atoms with E-state index in [0.29, 0.717) is 13.1 Å². The number of aromatic nitrogens is 1. The second-order valence-corrected chi connectivity index (χ2v) is 6.95. The second kappa shape index (κ2) is 8.85. The van der Waals surface area contributed by atoms with Gasteiger partial charge in [-0.25, -0.2) is 4.79 Å². The predicted octanol–water partition coefficient (Wildman–Crippen LogP) is 3.35. The Bertz CT molecular complexity index is 695. The SMILES string of the molecule is Cc1ccc(CN(C)C(=O)NC[C@@H](c2cccnc2)N2CCCCC2)o1. The van der Waals surface area contributed by atoms with Gasteiger partial charge in [-0.1, -0.05) is 12.5 Å². The van der Waals surface area contributed by atoms with Gasteiger partial charge >= 0.3 is 6.03 Å². The van der Waals surface area contributed by atoms with E-state index in [1.54, 1.807) is 18.1 Å². The minimum absolute atomic E-state index is 0.0926. The van der Waals surface area contributed by atoms with Crippen LogP contribution in [0.2, 0.25) is 0 Å². The number of amides is 2. The molecule has 0 spiro atoms. The van der Waals surface area contributed by atoms with Crippen LogP contribution in [0, 0.1) is 6.92 Å². The van der Waals surface area contributed by atoms with E-state index >= 15 is 0 Å². The Kier molecular flexibility index (Phi) is 6.28. The van der Waals surface area contributed by atoms with Crippen LogP contribution in [-0.2, 0) is 6.54 Å². The van der Waals surface area contributed by atoms with Crippen LogP contribution in [0.15, 0.2) is 41.1 Å². The number of nitrogens with zero attached hydrogens (tertiary/aromatic N) is 3. The minimum atomic E-state index is -0.0926. The van der Waals surface area contributed by atoms with Crippen molar-refractivity contribution in [1.29, 1.82) is 0 Å². The van der Waals surface area contributed by atoms with E-state index in [2.05, 4.69) is 21.3 Å². The number of urea groups is 1. The molecule has 6 heteroatoms. The van der Waals surface area contributed by atoms with Crippen LogP contribution in [0.5, 0.6) is 0 Å². The number of furan rings is 1. The van der Waals surface area contributed by atoms with Gasteiger partial charge in [-0.15, -0.1) is 0 Å². The fourth-order valence-electron chi connectivity index (χ4n) is 3.46. The molecule has 1 fully saturated rings. The fourth-order valence-corrected chi connectivity index (χ4v) is 3.46. The smallest absolute Gasteiger partial charge is 0.317 e. The van der Waals surface area contributed by atoms with Gasteiger partial charge in [0.25, 0.3) is 0 Å². The van der Waals surface area contributed by atoms with E-state index in [1.165, 1.54) is 19.3 Å². The molecule has 1 saturated heterocycles. The van der Waals surface area contributed by atoms with Crippen LogP contribution in [0.25, 0.3) is 0 Å². The second-order valence-electron chi connectivity index (χ2n) is 6.95. The number of pyridine rings is 1. The molecule has 1 aliphatic rings. The molecule has 0 saturated carbocycles. The molecule has 1 aliphatic heterocycles. The molecule has 1 atom stereocenters. The first-order valence-corrected chi connectivity index (χ1v) is 9.32. The van der Waals surface area contributed by atoms with E-state index in [-0.39, 0.29) is 12.1 Å². The van der Waals surface area contributed by atoms with Crippen molar-refractivity contribution in [2.75, 3.05) is 26.7 Å². The number of likely N-dealkylation sites (tertiary alicyclic amines) is 1. The van der Waals surface area contributed by atoms with Crippen LogP contribution in [0.3, 0.4) is 0 Å². The molecule has 26 heavy (non-hydrogen) atoms. The Hall–Kier alpha value is -2.34. The molecule has 3 rings (SSSR count). The summed E-state index contributed by atoms with van der Waals surface area (Å²) in [6, 6.07) is 7.94. The molecular weight excluding hydrogens is 328 g/mol. The van der Waals surface area contributed by atoms with Gasteiger partial charge in [-0.05, 0) is 56.6 Å². The van der Waals surface area contributed by atoms with E-state index < -0.39 is 0 Å². The maximum absolute atomic E-state index is 12.5. The minimum Gasteiger partial charge on any atom is -0.464 e. The summed E-state index contributed by atoms with van der Waals surface area (Å²) in [5.74, 6) is 1.65. The highest BCUT2D eigenvalue weighted by Gasteiger charge is 2.23. The Labute approximate surface area is 155 Å². The zero-order valence-electron chi connectivity index (χ0n) is 15.6. The number of hydrogen-bond acceptors (Lipinski definition) is 4. The summed E-state index contributed by atoms with van der Waals surface area (Å²) in [6.45, 7) is 5.07. The summed E-state index contributed by atoms with van der Waals surface area (Å²) in [7, 11) is 1.78. The van der Waals surface area contributed by atoms with Gasteiger partial charge in [0.05, 0.1) is 12.6 Å². The third kappa shape index (κ3) is 4.85. The summed E-state index contributed by atoms with van der Waals surface area (Å²) in [6.07, 6.45) is 7.40. The zero-order valence-corrected chi connectivity index (χ0v) is 15.6. The highest BCUT2D eigenvalue weighted by Crippen LogP contribution is 2.23. The first-order valence-electron chi connectivity index (χ1n) is 9.32. The normalized spacial score (nSPS) is 16.2. The van der Waals surface area contributed by atoms with Crippen LogP contribution in [-0.4, -0.2) is 47.5 Å². The molecule has 0 unspecified atom stereocenters. The molecule has 1 N–H and O–H groups in total. The number of piperidine rings is 1. The lowest BCUT2D eigenvalue weighted by Gasteiger charge is -2.35. The first kappa shape index (κ1) is 18.5. The molecule has 0 bridgehead atoms. The average Bonchev–Trinajstić information content (AvgIpc) is 3.08. The molecule has 0 aromatic carbocycles. The fraction of sp³-hybridized carbons (Fsp3) is 0.500. The molecule has 2 aromatic heterocycles. The van der Waals surface area contributed by atoms with Gasteiger partial charge in [0.2, 0.25) is 0 Å². The van der Waals surface area contributed by atoms with E-state index in [1.807, 2.05) is 31.3 Å². The van der Waals surface area contributed by atoms with Crippen molar-refractivity contribution >= 4 is 6.03 Å². The van der Waals surface area contributed by atoms with Gasteiger partial charge in [-0.3, -0.25) is 9.88 Å². The average molecular weight is 356 g/mol. The standard InChI is InChI=1S/C20H28N4O2/c1-16-8-9-18(26-16)15-23(2)20(25)22-14-19(17-7-6-10-21-13-17)24-11-4-3-5-12-24/h6-10,13,19H,3-5,11-12,14-15H2,1-2H3,(H,22,25)/t19-/m0/s1. The maximum atomic E-state index is 12.5. The molecule has 2 aromatic rings. The van der Waals surface area contributed by atoms with Crippen molar-refractivity contribution in [3.8, 4) is 0 Å². The summed E-state index contributed by atoms with van der Waals surface area (Å²) in [5, 5.41) is 3.08. The quantitative estimate of drug-likeness (QED) is 0.862. The van der Waals surface area contributed by atoms with Crippen LogP contribution < -0.4 is 5.32 Å². The third-order valence-electron chi connectivity index (χ3n) is 4.88. The maximum Gasteiger partial charge on any atom is 0.317 e. The van der Waals surface area contributed by atoms with Crippen molar-refractivity contribution in [3.63, 3.8) is 0 Å². The lowest BCUT2D eigenvalue weighted by atomic mass is 10.0. The van der Waals surface area contributed by atoms with Gasteiger partial charge < -0.3 is 14.6 Å². The highest BCUT2D eigenvalue weighted by molar-refractivity contribution is 5.73. The van der Waals surface area contributed by atoms with Crippen molar-refractivity contribution in [2.45, 2.75) is 38.8 Å². The van der Waals surface area contributed by atoms with E-state index in [0.717, 1.165) is 30.2 Å². The monoisotopic (exact) mass is 356 g/mol. The number of carbonyl (C=O) groups is 1. The van der Waals surface area contributed by atoms with Crippen molar-refractivity contribution in [3.05, 3.63) is 53.7 Å². The molecule has 3 heterocycles. The predicted molar refractivity (Wildman–Crippen MR) is 101 cm³/mol. The number of rotatable bonds is 6. The molecule has 6 nitrogen and oxygen atoms in total. The van der Waals surface area contributed by atoms with Gasteiger partial charge in [0.15, 0.2) is 0 Å². The number of hydrogen-bond donors (Lipinski definition) is 1. The Morgan fingerprint density at radius 1 is 1.31 bits per heavy atom. The van der Waals surface area contributed by atoms with Gasteiger partial charge in [0.1, 0.15) is 11.5 Å². The zero-order chi connectivity index (χ0) is 18.4. The Morgan fingerprint density at radius 3 is 2.77 bits per heavy atom. The molecule has 2 amide bonds. The summed E-state index contributed by atoms with van der Waals surface area (Å²) >= 11 is 0. The Balaban J connectivity index is 1.60. The Morgan fingerprint density at radius 2 is 2.12 bits per heavy atom. The summed E-state index contributed by atoms with van der Waals surface area (Å²) in [5.41, 5.74) is 1.15. The van der Waals surface area contributed by atoms with Crippen LogP contribution >= 0.6 is 0 Å². The molecule has 140 valence electrons. The lowest BCUT2D eigenvalue weighted by molar-refractivity contribution is 0.155. The van der Waals surface area contributed by atoms with Crippen LogP contribution in [0.4, 0.5) is 4.79 Å². The van der Waals surface area contributed by atoms with Crippen molar-refractivity contribution < 1.29 is 9.21 Å². The largest absolute Gasteiger partial charge is 0.464 e. The molecular formula is C20H28N4O2. The highest BCUT2D eigenvalue weighted by atomic mass is 16.3. The van der Waals surface area contributed by atoms with Gasteiger partial charge in [-0.2, -0.15) is 0 Å². The van der Waals surface area contributed by atoms with Crippen LogP contribution in [0.1, 0.15) is 42.4 Å². The number of nitrogens with one attached hydrogen (secondary N) is 1. The first-order chi connectivity index (χ1) is 12.6. The molecule has 0 radical (unpaired) electrons.